The summed E-state index contributed by atoms with van der Waals surface area (Å²) in [7, 11) is 0. The first kappa shape index (κ1) is 18.7. The molecule has 0 spiro atoms. The Balaban J connectivity index is 1.58. The number of nitrogens with one attached hydrogen (secondary N) is 1. The average Bonchev–Trinajstić information content (AvgIpc) is 2.92. The van der Waals surface area contributed by atoms with Gasteiger partial charge in [0.25, 0.3) is 5.91 Å². The molecule has 1 fully saturated rings. The average molecular weight is 372 g/mol. The smallest absolute Gasteiger partial charge is 0.321 e. The summed E-state index contributed by atoms with van der Waals surface area (Å²) in [6, 6.07) is 7.66. The predicted molar refractivity (Wildman–Crippen MR) is 100 cm³/mol. The van der Waals surface area contributed by atoms with Crippen molar-refractivity contribution in [2.24, 2.45) is 0 Å². The lowest BCUT2D eigenvalue weighted by Crippen LogP contribution is -2.39. The number of benzene rings is 1. The van der Waals surface area contributed by atoms with Gasteiger partial charge < -0.3 is 20.9 Å². The Morgan fingerprint density at radius 1 is 1.07 bits per heavy atom. The number of anilines is 2. The molecule has 3 amide bonds. The zero-order valence-electron chi connectivity index (χ0n) is 15.5. The largest absolute Gasteiger partial charge is 0.379 e. The van der Waals surface area contributed by atoms with E-state index in [0.29, 0.717) is 38.5 Å². The van der Waals surface area contributed by atoms with Crippen molar-refractivity contribution >= 4 is 23.4 Å². The van der Waals surface area contributed by atoms with E-state index in [4.69, 9.17) is 5.73 Å². The van der Waals surface area contributed by atoms with Crippen molar-refractivity contribution in [1.82, 2.24) is 20.1 Å². The Hall–Kier alpha value is -3.10. The summed E-state index contributed by atoms with van der Waals surface area (Å²) < 4.78 is 4.49. The molecule has 3 N–H and O–H groups in total. The quantitative estimate of drug-likeness (QED) is 0.852. The molecule has 0 radical (unpaired) electrons. The minimum absolute atomic E-state index is 0.0122. The fourth-order valence-electron chi connectivity index (χ4n) is 2.97. The first-order chi connectivity index (χ1) is 13.0. The molecule has 1 saturated heterocycles. The third-order valence-electron chi connectivity index (χ3n) is 4.62. The highest BCUT2D eigenvalue weighted by Gasteiger charge is 2.26. The summed E-state index contributed by atoms with van der Waals surface area (Å²) in [5.41, 5.74) is 7.57. The number of amides is 3. The molecule has 27 heavy (non-hydrogen) atoms. The summed E-state index contributed by atoms with van der Waals surface area (Å²) in [5.74, 6) is 0.0850. The van der Waals surface area contributed by atoms with Crippen molar-refractivity contribution in [3.05, 3.63) is 35.5 Å². The van der Waals surface area contributed by atoms with Gasteiger partial charge in [-0.15, -0.1) is 0 Å². The van der Waals surface area contributed by atoms with Crippen LogP contribution in [0.15, 0.2) is 28.9 Å². The summed E-state index contributed by atoms with van der Waals surface area (Å²) in [4.78, 5) is 28.3. The van der Waals surface area contributed by atoms with Crippen LogP contribution in [0.25, 0.3) is 0 Å². The van der Waals surface area contributed by atoms with Crippen molar-refractivity contribution in [3.63, 3.8) is 0 Å². The number of carbonyl (C=O) groups excluding carboxylic acids is 2. The van der Waals surface area contributed by atoms with Crippen LogP contribution >= 0.6 is 0 Å². The maximum atomic E-state index is 12.6. The van der Waals surface area contributed by atoms with Gasteiger partial charge in [0.05, 0.1) is 0 Å². The summed E-state index contributed by atoms with van der Waals surface area (Å²) in [6.45, 7) is 6.14. The van der Waals surface area contributed by atoms with Gasteiger partial charge >= 0.3 is 6.03 Å². The first-order valence-corrected chi connectivity index (χ1v) is 8.99. The van der Waals surface area contributed by atoms with E-state index in [1.807, 2.05) is 24.3 Å². The molecule has 3 rings (SSSR count). The number of nitrogens with two attached hydrogens (primary N) is 1. The lowest BCUT2D eigenvalue weighted by Gasteiger charge is -2.22. The van der Waals surface area contributed by atoms with Crippen LogP contribution in [0.4, 0.5) is 16.3 Å². The van der Waals surface area contributed by atoms with Gasteiger partial charge in [-0.1, -0.05) is 26.0 Å². The maximum Gasteiger partial charge on any atom is 0.321 e. The van der Waals surface area contributed by atoms with Gasteiger partial charge in [0.2, 0.25) is 11.5 Å². The van der Waals surface area contributed by atoms with E-state index < -0.39 is 0 Å². The highest BCUT2D eigenvalue weighted by molar-refractivity contribution is 5.96. The molecule has 0 bridgehead atoms. The van der Waals surface area contributed by atoms with Gasteiger partial charge in [0.15, 0.2) is 0 Å². The fourth-order valence-corrected chi connectivity index (χ4v) is 2.97. The van der Waals surface area contributed by atoms with Gasteiger partial charge in [0, 0.05) is 31.9 Å². The van der Waals surface area contributed by atoms with Gasteiger partial charge in [-0.25, -0.2) is 9.42 Å². The standard InChI is InChI=1S/C18H24N6O3/c1-12(2)13-4-6-14(7-5-13)20-18(26)24-9-3-8-23(10-11-24)17(25)15-16(19)22-27-21-15/h4-7,12H,3,8-11H2,1-2H3,(H2,19,22)(H,20,26). The van der Waals surface area contributed by atoms with E-state index in [1.54, 1.807) is 9.80 Å². The number of rotatable bonds is 3. The predicted octanol–water partition coefficient (Wildman–Crippen LogP) is 2.16. The molecular weight excluding hydrogens is 348 g/mol. The monoisotopic (exact) mass is 372 g/mol. The van der Waals surface area contributed by atoms with Gasteiger partial charge in [-0.2, -0.15) is 0 Å². The third-order valence-corrected chi connectivity index (χ3v) is 4.62. The number of hydrogen-bond acceptors (Lipinski definition) is 6. The number of nitrogens with zero attached hydrogens (tertiary/aromatic N) is 4. The van der Waals surface area contributed by atoms with E-state index >= 15 is 0 Å². The van der Waals surface area contributed by atoms with Crippen molar-refractivity contribution < 1.29 is 14.2 Å². The van der Waals surface area contributed by atoms with Crippen molar-refractivity contribution in [2.45, 2.75) is 26.2 Å². The molecular formula is C18H24N6O3. The lowest BCUT2D eigenvalue weighted by atomic mass is 10.0. The van der Waals surface area contributed by atoms with Crippen LogP contribution in [-0.2, 0) is 0 Å². The molecule has 2 heterocycles. The van der Waals surface area contributed by atoms with E-state index in [-0.39, 0.29) is 23.5 Å². The molecule has 0 aliphatic carbocycles. The Kier molecular flexibility index (Phi) is 5.58. The number of urea groups is 1. The fraction of sp³-hybridized carbons (Fsp3) is 0.444. The molecule has 1 aliphatic rings. The Morgan fingerprint density at radius 3 is 2.37 bits per heavy atom. The number of nitrogen functional groups attached to an aromatic ring is 1. The number of hydrogen-bond donors (Lipinski definition) is 2. The maximum absolute atomic E-state index is 12.6. The van der Waals surface area contributed by atoms with E-state index in [9.17, 15) is 9.59 Å². The molecule has 144 valence electrons. The minimum Gasteiger partial charge on any atom is -0.379 e. The highest BCUT2D eigenvalue weighted by atomic mass is 16.6. The highest BCUT2D eigenvalue weighted by Crippen LogP contribution is 2.18. The molecule has 0 saturated carbocycles. The Bertz CT molecular complexity index is 802. The van der Waals surface area contributed by atoms with E-state index in [0.717, 1.165) is 5.69 Å². The molecule has 9 nitrogen and oxygen atoms in total. The second-order valence-electron chi connectivity index (χ2n) is 6.84. The van der Waals surface area contributed by atoms with Gasteiger partial charge in [-0.3, -0.25) is 4.79 Å². The summed E-state index contributed by atoms with van der Waals surface area (Å²) in [5, 5.41) is 9.90. The first-order valence-electron chi connectivity index (χ1n) is 8.99. The molecule has 0 atom stereocenters. The number of carbonyl (C=O) groups is 2. The van der Waals surface area contributed by atoms with E-state index in [1.165, 1.54) is 5.56 Å². The third kappa shape index (κ3) is 4.36. The van der Waals surface area contributed by atoms with Crippen LogP contribution in [0.5, 0.6) is 0 Å². The second-order valence-corrected chi connectivity index (χ2v) is 6.84. The van der Waals surface area contributed by atoms with Crippen LogP contribution in [0.3, 0.4) is 0 Å². The van der Waals surface area contributed by atoms with Gasteiger partial charge in [0.1, 0.15) is 0 Å². The topological polar surface area (TPSA) is 118 Å². The van der Waals surface area contributed by atoms with Crippen molar-refractivity contribution in [2.75, 3.05) is 37.2 Å². The zero-order valence-corrected chi connectivity index (χ0v) is 15.5. The van der Waals surface area contributed by atoms with Crippen molar-refractivity contribution in [1.29, 1.82) is 0 Å². The minimum atomic E-state index is -0.333. The molecule has 1 aliphatic heterocycles. The Labute approximate surface area is 157 Å². The Morgan fingerprint density at radius 2 is 1.74 bits per heavy atom. The lowest BCUT2D eigenvalue weighted by molar-refractivity contribution is 0.0752. The van der Waals surface area contributed by atoms with Gasteiger partial charge in [-0.05, 0) is 40.3 Å². The van der Waals surface area contributed by atoms with Crippen molar-refractivity contribution in [3.8, 4) is 0 Å². The molecule has 2 aromatic rings. The van der Waals surface area contributed by atoms with Crippen LogP contribution < -0.4 is 11.1 Å². The molecule has 1 aromatic carbocycles. The normalized spacial score (nSPS) is 14.9. The molecule has 0 unspecified atom stereocenters. The van der Waals surface area contributed by atoms with Crippen LogP contribution in [0.2, 0.25) is 0 Å². The van der Waals surface area contributed by atoms with Crippen LogP contribution in [0, 0.1) is 0 Å². The van der Waals surface area contributed by atoms with Crippen LogP contribution in [0.1, 0.15) is 42.2 Å². The van der Waals surface area contributed by atoms with E-state index in [2.05, 4.69) is 34.1 Å². The molecule has 9 heteroatoms. The molecule has 1 aromatic heterocycles. The number of aromatic nitrogens is 2. The van der Waals surface area contributed by atoms with Crippen LogP contribution in [-0.4, -0.2) is 58.2 Å². The summed E-state index contributed by atoms with van der Waals surface area (Å²) in [6.07, 6.45) is 0.663. The SMILES string of the molecule is CC(C)c1ccc(NC(=O)N2CCCN(C(=O)c3nonc3N)CC2)cc1. The zero-order chi connectivity index (χ0) is 19.4. The second kappa shape index (κ2) is 8.07. The summed E-state index contributed by atoms with van der Waals surface area (Å²) >= 11 is 0.